The number of benzene rings is 2. The largest absolute Gasteiger partial charge is 0.481 e. The summed E-state index contributed by atoms with van der Waals surface area (Å²) in [5.41, 5.74) is 2.35. The van der Waals surface area contributed by atoms with E-state index in [1.54, 1.807) is 24.0 Å². The highest BCUT2D eigenvalue weighted by atomic mass is 19.1. The molecule has 2 N–H and O–H groups in total. The van der Waals surface area contributed by atoms with Crippen LogP contribution in [-0.4, -0.2) is 34.5 Å². The molecule has 1 heterocycles. The Morgan fingerprint density at radius 3 is 2.39 bits per heavy atom. The number of rotatable bonds is 5. The van der Waals surface area contributed by atoms with E-state index in [2.05, 4.69) is 5.32 Å². The number of hydrogen-bond acceptors (Lipinski definition) is 3. The van der Waals surface area contributed by atoms with Gasteiger partial charge in [0.2, 0.25) is 0 Å². The molecule has 2 aromatic rings. The van der Waals surface area contributed by atoms with Crippen molar-refractivity contribution in [3.8, 4) is 0 Å². The lowest BCUT2D eigenvalue weighted by Crippen LogP contribution is -2.45. The molecule has 1 aliphatic carbocycles. The molecule has 6 heteroatoms. The molecular weight excluding hydrogens is 395 g/mol. The van der Waals surface area contributed by atoms with Crippen molar-refractivity contribution in [3.63, 3.8) is 0 Å². The fourth-order valence-electron chi connectivity index (χ4n) is 5.02. The molecule has 2 atom stereocenters. The minimum atomic E-state index is -0.930. The van der Waals surface area contributed by atoms with Crippen LogP contribution in [0.4, 0.5) is 10.1 Å². The summed E-state index contributed by atoms with van der Waals surface area (Å²) < 4.78 is 14.5. The third kappa shape index (κ3) is 4.43. The Morgan fingerprint density at radius 1 is 1.03 bits per heavy atom. The number of carboxylic acid groups (broad SMARTS) is 1. The first-order valence-electron chi connectivity index (χ1n) is 11.1. The van der Waals surface area contributed by atoms with Crippen LogP contribution in [-0.2, 0) is 4.79 Å². The number of halogens is 1. The van der Waals surface area contributed by atoms with E-state index in [1.807, 2.05) is 24.3 Å². The third-order valence-electron chi connectivity index (χ3n) is 6.62. The van der Waals surface area contributed by atoms with Crippen molar-refractivity contribution in [1.29, 1.82) is 0 Å². The Hall–Kier alpha value is -2.89. The van der Waals surface area contributed by atoms with E-state index in [4.69, 9.17) is 0 Å². The number of anilines is 1. The molecule has 0 bridgehead atoms. The zero-order chi connectivity index (χ0) is 22.0. The second kappa shape index (κ2) is 9.08. The average Bonchev–Trinajstić information content (AvgIpc) is 3.26. The van der Waals surface area contributed by atoms with Crippen LogP contribution in [0.25, 0.3) is 0 Å². The minimum absolute atomic E-state index is 0.0260. The fourth-order valence-corrected chi connectivity index (χ4v) is 5.02. The highest BCUT2D eigenvalue weighted by Crippen LogP contribution is 2.38. The molecule has 0 aromatic heterocycles. The summed E-state index contributed by atoms with van der Waals surface area (Å²) in [6.07, 6.45) is 5.87. The Balaban J connectivity index is 1.65. The van der Waals surface area contributed by atoms with Gasteiger partial charge in [-0.1, -0.05) is 37.1 Å². The van der Waals surface area contributed by atoms with E-state index in [9.17, 15) is 19.1 Å². The van der Waals surface area contributed by atoms with E-state index in [0.29, 0.717) is 31.0 Å². The molecule has 1 unspecified atom stereocenters. The zero-order valence-electron chi connectivity index (χ0n) is 17.8. The van der Waals surface area contributed by atoms with Gasteiger partial charge in [-0.15, -0.1) is 0 Å². The number of aryl methyl sites for hydroxylation is 1. The van der Waals surface area contributed by atoms with E-state index < -0.39 is 29.7 Å². The van der Waals surface area contributed by atoms with Crippen LogP contribution in [0.5, 0.6) is 0 Å². The summed E-state index contributed by atoms with van der Waals surface area (Å²) in [7, 11) is 0. The topological polar surface area (TPSA) is 69.6 Å². The minimum Gasteiger partial charge on any atom is -0.481 e. The van der Waals surface area contributed by atoms with Crippen LogP contribution in [0.2, 0.25) is 0 Å². The highest BCUT2D eigenvalue weighted by Gasteiger charge is 2.40. The summed E-state index contributed by atoms with van der Waals surface area (Å²) in [6.45, 7) is 2.11. The summed E-state index contributed by atoms with van der Waals surface area (Å²) in [6, 6.07) is 12.1. The van der Waals surface area contributed by atoms with Gasteiger partial charge in [0.1, 0.15) is 5.82 Å². The molecule has 1 amide bonds. The molecule has 2 fully saturated rings. The van der Waals surface area contributed by atoms with Gasteiger partial charge in [0.25, 0.3) is 5.91 Å². The van der Waals surface area contributed by atoms with Crippen molar-refractivity contribution in [2.24, 2.45) is 5.92 Å². The number of amides is 1. The van der Waals surface area contributed by atoms with Gasteiger partial charge in [0, 0.05) is 18.3 Å². The van der Waals surface area contributed by atoms with Crippen LogP contribution in [0.1, 0.15) is 66.1 Å². The van der Waals surface area contributed by atoms with Crippen molar-refractivity contribution in [1.82, 2.24) is 4.90 Å². The number of nitrogens with zero attached hydrogens (tertiary/aromatic N) is 1. The van der Waals surface area contributed by atoms with Gasteiger partial charge in [-0.25, -0.2) is 4.39 Å². The first kappa shape index (κ1) is 21.3. The lowest BCUT2D eigenvalue weighted by molar-refractivity contribution is -0.145. The lowest BCUT2D eigenvalue weighted by Gasteiger charge is -2.40. The van der Waals surface area contributed by atoms with Crippen molar-refractivity contribution in [2.75, 3.05) is 11.9 Å². The monoisotopic (exact) mass is 424 g/mol. The predicted molar refractivity (Wildman–Crippen MR) is 118 cm³/mol. The van der Waals surface area contributed by atoms with Crippen molar-refractivity contribution in [3.05, 3.63) is 65.0 Å². The molecule has 1 saturated heterocycles. The summed E-state index contributed by atoms with van der Waals surface area (Å²) in [5, 5.41) is 13.4. The van der Waals surface area contributed by atoms with Crippen LogP contribution in [0.15, 0.2) is 42.5 Å². The van der Waals surface area contributed by atoms with Crippen LogP contribution >= 0.6 is 0 Å². The average molecular weight is 425 g/mol. The van der Waals surface area contributed by atoms with Crippen molar-refractivity contribution >= 4 is 17.6 Å². The predicted octanol–water partition coefficient (Wildman–Crippen LogP) is 5.17. The standard InChI is InChI=1S/C25H29FN2O3/c1-16-6-4-10-21(26)22(16)24(29)28-15-5-9-20(25(30)31)23(28)17-11-13-19(14-12-17)27-18-7-2-3-8-18/h4,6,10-14,18,20,23,27H,2-3,5,7-9,15H2,1H3,(H,30,31)/t20-,23?/m0/s1. The number of nitrogens with one attached hydrogen (secondary N) is 1. The van der Waals surface area contributed by atoms with E-state index in [-0.39, 0.29) is 5.56 Å². The normalized spacial score (nSPS) is 21.8. The van der Waals surface area contributed by atoms with Gasteiger partial charge in [-0.2, -0.15) is 0 Å². The number of carboxylic acids is 1. The molecule has 2 aliphatic rings. The number of hydrogen-bond donors (Lipinski definition) is 2. The van der Waals surface area contributed by atoms with Crippen molar-refractivity contribution < 1.29 is 19.1 Å². The van der Waals surface area contributed by atoms with Gasteiger partial charge >= 0.3 is 5.97 Å². The Labute approximate surface area is 182 Å². The number of carbonyl (C=O) groups excluding carboxylic acids is 1. The number of carbonyl (C=O) groups is 2. The molecule has 1 aliphatic heterocycles. The van der Waals surface area contributed by atoms with Crippen LogP contribution in [0, 0.1) is 18.7 Å². The molecular formula is C25H29FN2O3. The SMILES string of the molecule is Cc1cccc(F)c1C(=O)N1CCC[C@H](C(=O)O)C1c1ccc(NC2CCCC2)cc1. The Kier molecular flexibility index (Phi) is 6.25. The Bertz CT molecular complexity index is 933. The maximum Gasteiger partial charge on any atom is 0.308 e. The first-order valence-corrected chi connectivity index (χ1v) is 11.1. The number of aliphatic carboxylic acids is 1. The maximum atomic E-state index is 14.5. The Morgan fingerprint density at radius 2 is 1.74 bits per heavy atom. The molecule has 0 spiro atoms. The molecule has 0 radical (unpaired) electrons. The second-order valence-corrected chi connectivity index (χ2v) is 8.71. The molecule has 31 heavy (non-hydrogen) atoms. The second-order valence-electron chi connectivity index (χ2n) is 8.71. The molecule has 164 valence electrons. The van der Waals surface area contributed by atoms with Gasteiger partial charge in [-0.05, 0) is 61.9 Å². The molecule has 5 nitrogen and oxygen atoms in total. The highest BCUT2D eigenvalue weighted by molar-refractivity contribution is 5.96. The quantitative estimate of drug-likeness (QED) is 0.695. The summed E-state index contributed by atoms with van der Waals surface area (Å²) in [4.78, 5) is 27.0. The van der Waals surface area contributed by atoms with Crippen LogP contribution in [0.3, 0.4) is 0 Å². The van der Waals surface area contributed by atoms with E-state index in [1.165, 1.54) is 18.9 Å². The van der Waals surface area contributed by atoms with Crippen LogP contribution < -0.4 is 5.32 Å². The van der Waals surface area contributed by atoms with Gasteiger partial charge in [0.15, 0.2) is 0 Å². The number of likely N-dealkylation sites (tertiary alicyclic amines) is 1. The first-order chi connectivity index (χ1) is 15.0. The molecule has 2 aromatic carbocycles. The number of piperidine rings is 1. The lowest BCUT2D eigenvalue weighted by atomic mass is 9.84. The smallest absolute Gasteiger partial charge is 0.308 e. The summed E-state index contributed by atoms with van der Waals surface area (Å²) >= 11 is 0. The molecule has 1 saturated carbocycles. The van der Waals surface area contributed by atoms with E-state index in [0.717, 1.165) is 24.1 Å². The molecule has 4 rings (SSSR count). The summed E-state index contributed by atoms with van der Waals surface area (Å²) in [5.74, 6) is -2.67. The maximum absolute atomic E-state index is 14.5. The van der Waals surface area contributed by atoms with Gasteiger partial charge in [-0.3, -0.25) is 9.59 Å². The van der Waals surface area contributed by atoms with E-state index >= 15 is 0 Å². The fraction of sp³-hybridized carbons (Fsp3) is 0.440. The van der Waals surface area contributed by atoms with Crippen molar-refractivity contribution in [2.45, 2.75) is 57.5 Å². The zero-order valence-corrected chi connectivity index (χ0v) is 17.8. The third-order valence-corrected chi connectivity index (χ3v) is 6.62. The van der Waals surface area contributed by atoms with Gasteiger partial charge in [0.05, 0.1) is 17.5 Å². The van der Waals surface area contributed by atoms with Gasteiger partial charge < -0.3 is 15.3 Å².